The molecule has 0 unspecified atom stereocenters. The van der Waals surface area contributed by atoms with Crippen LogP contribution in [0.3, 0.4) is 0 Å². The van der Waals surface area contributed by atoms with E-state index in [0.29, 0.717) is 5.69 Å². The van der Waals surface area contributed by atoms with Gasteiger partial charge in [0.25, 0.3) is 0 Å². The summed E-state index contributed by atoms with van der Waals surface area (Å²) in [5, 5.41) is 0. The molecule has 1 aromatic rings. The van der Waals surface area contributed by atoms with Gasteiger partial charge in [0, 0.05) is 14.1 Å². The van der Waals surface area contributed by atoms with E-state index in [0.717, 1.165) is 5.69 Å². The van der Waals surface area contributed by atoms with Gasteiger partial charge >= 0.3 is 0 Å². The van der Waals surface area contributed by atoms with Crippen LogP contribution in [0.5, 0.6) is 0 Å². The second kappa shape index (κ2) is 2.78. The predicted octanol–water partition coefficient (Wildman–Crippen LogP) is 1.47. The van der Waals surface area contributed by atoms with Crippen LogP contribution in [0.4, 0.5) is 15.8 Å². The Morgan fingerprint density at radius 1 is 1.36 bits per heavy atom. The molecular weight excluding hydrogens is 143 g/mol. The zero-order valence-electron chi connectivity index (χ0n) is 6.63. The number of anilines is 2. The highest BCUT2D eigenvalue weighted by molar-refractivity contribution is 5.66. The third kappa shape index (κ3) is 1.61. The predicted molar refractivity (Wildman–Crippen MR) is 45.1 cm³/mol. The summed E-state index contributed by atoms with van der Waals surface area (Å²) in [5.74, 6) is -0.298. The van der Waals surface area contributed by atoms with Crippen LogP contribution < -0.4 is 10.6 Å². The van der Waals surface area contributed by atoms with Crippen molar-refractivity contribution in [3.05, 3.63) is 24.0 Å². The van der Waals surface area contributed by atoms with Gasteiger partial charge in [0.1, 0.15) is 5.82 Å². The first kappa shape index (κ1) is 7.85. The normalized spacial score (nSPS) is 9.73. The maximum Gasteiger partial charge on any atom is 0.125 e. The number of nitrogen functional groups attached to an aromatic ring is 1. The molecule has 0 fully saturated rings. The van der Waals surface area contributed by atoms with Gasteiger partial charge in [-0.25, -0.2) is 4.39 Å². The summed E-state index contributed by atoms with van der Waals surface area (Å²) in [7, 11) is 3.73. The smallest absolute Gasteiger partial charge is 0.125 e. The van der Waals surface area contributed by atoms with Gasteiger partial charge in [0.05, 0.1) is 11.4 Å². The molecule has 11 heavy (non-hydrogen) atoms. The maximum atomic E-state index is 12.5. The van der Waals surface area contributed by atoms with Gasteiger partial charge < -0.3 is 10.6 Å². The molecule has 0 spiro atoms. The van der Waals surface area contributed by atoms with E-state index in [1.807, 2.05) is 19.0 Å². The average molecular weight is 154 g/mol. The third-order valence-electron chi connectivity index (χ3n) is 1.47. The topological polar surface area (TPSA) is 29.3 Å². The third-order valence-corrected chi connectivity index (χ3v) is 1.47. The van der Waals surface area contributed by atoms with Gasteiger partial charge in [-0.1, -0.05) is 0 Å². The summed E-state index contributed by atoms with van der Waals surface area (Å²) in [6.45, 7) is 0. The Morgan fingerprint density at radius 2 is 2.00 bits per heavy atom. The van der Waals surface area contributed by atoms with E-state index in [2.05, 4.69) is 0 Å². The average Bonchev–Trinajstić information content (AvgIpc) is 1.85. The Hall–Kier alpha value is -1.25. The van der Waals surface area contributed by atoms with Crippen LogP contribution in [0.2, 0.25) is 0 Å². The standard InChI is InChI=1S/C8H11FN2/c1-11(2)8-4-3-6(9)5-7(8)10/h3-5H,10H2,1-2H3. The van der Waals surface area contributed by atoms with Gasteiger partial charge in [0.2, 0.25) is 0 Å². The van der Waals surface area contributed by atoms with E-state index in [9.17, 15) is 4.39 Å². The van der Waals surface area contributed by atoms with Crippen LogP contribution in [-0.4, -0.2) is 14.1 Å². The second-order valence-electron chi connectivity index (χ2n) is 2.60. The first-order valence-electron chi connectivity index (χ1n) is 3.33. The first-order valence-corrected chi connectivity index (χ1v) is 3.33. The van der Waals surface area contributed by atoms with Gasteiger partial charge in [-0.05, 0) is 18.2 Å². The lowest BCUT2D eigenvalue weighted by Crippen LogP contribution is -2.10. The van der Waals surface area contributed by atoms with Crippen molar-refractivity contribution in [3.63, 3.8) is 0 Å². The highest BCUT2D eigenvalue weighted by Crippen LogP contribution is 2.21. The monoisotopic (exact) mass is 154 g/mol. The van der Waals surface area contributed by atoms with Crippen molar-refractivity contribution in [3.8, 4) is 0 Å². The molecule has 0 bridgehead atoms. The molecule has 1 aromatic carbocycles. The van der Waals surface area contributed by atoms with Crippen LogP contribution >= 0.6 is 0 Å². The zero-order chi connectivity index (χ0) is 8.43. The first-order chi connectivity index (χ1) is 5.11. The minimum Gasteiger partial charge on any atom is -0.397 e. The summed E-state index contributed by atoms with van der Waals surface area (Å²) in [4.78, 5) is 1.84. The van der Waals surface area contributed by atoms with E-state index >= 15 is 0 Å². The highest BCUT2D eigenvalue weighted by Gasteiger charge is 2.00. The molecule has 0 aliphatic carbocycles. The van der Waals surface area contributed by atoms with Gasteiger partial charge in [-0.15, -0.1) is 0 Å². The van der Waals surface area contributed by atoms with Gasteiger partial charge in [-0.2, -0.15) is 0 Å². The fraction of sp³-hybridized carbons (Fsp3) is 0.250. The molecule has 1 rings (SSSR count). The van der Waals surface area contributed by atoms with Crippen LogP contribution in [0.25, 0.3) is 0 Å². The number of nitrogens with two attached hydrogens (primary N) is 1. The van der Waals surface area contributed by atoms with E-state index in [1.165, 1.54) is 12.1 Å². The number of benzene rings is 1. The summed E-state index contributed by atoms with van der Waals surface area (Å²) < 4.78 is 12.5. The molecule has 2 N–H and O–H groups in total. The largest absolute Gasteiger partial charge is 0.397 e. The van der Waals surface area contributed by atoms with Crippen molar-refractivity contribution in [1.29, 1.82) is 0 Å². The number of rotatable bonds is 1. The minimum absolute atomic E-state index is 0.298. The Labute approximate surface area is 65.4 Å². The van der Waals surface area contributed by atoms with Crippen molar-refractivity contribution >= 4 is 11.4 Å². The Kier molecular flexibility index (Phi) is 1.98. The van der Waals surface area contributed by atoms with Crippen molar-refractivity contribution in [2.45, 2.75) is 0 Å². The quantitative estimate of drug-likeness (QED) is 0.621. The van der Waals surface area contributed by atoms with Gasteiger partial charge in [0.15, 0.2) is 0 Å². The molecule has 3 heteroatoms. The number of hydrogen-bond donors (Lipinski definition) is 1. The fourth-order valence-corrected chi connectivity index (χ4v) is 0.933. The number of nitrogens with zero attached hydrogens (tertiary/aromatic N) is 1. The van der Waals surface area contributed by atoms with E-state index in [1.54, 1.807) is 6.07 Å². The molecule has 0 atom stereocenters. The number of hydrogen-bond acceptors (Lipinski definition) is 2. The molecule has 0 heterocycles. The van der Waals surface area contributed by atoms with Gasteiger partial charge in [-0.3, -0.25) is 0 Å². The molecule has 0 amide bonds. The van der Waals surface area contributed by atoms with Crippen molar-refractivity contribution in [1.82, 2.24) is 0 Å². The van der Waals surface area contributed by atoms with E-state index in [-0.39, 0.29) is 5.82 Å². The molecule has 0 saturated heterocycles. The Morgan fingerprint density at radius 3 is 2.45 bits per heavy atom. The van der Waals surface area contributed by atoms with Crippen LogP contribution in [0.15, 0.2) is 18.2 Å². The molecule has 0 radical (unpaired) electrons. The van der Waals surface area contributed by atoms with E-state index in [4.69, 9.17) is 5.73 Å². The molecule has 0 aliphatic heterocycles. The lowest BCUT2D eigenvalue weighted by molar-refractivity contribution is 0.628. The summed E-state index contributed by atoms with van der Waals surface area (Å²) in [6.07, 6.45) is 0. The summed E-state index contributed by atoms with van der Waals surface area (Å²) >= 11 is 0. The lowest BCUT2D eigenvalue weighted by atomic mass is 10.2. The Balaban J connectivity index is 3.09. The van der Waals surface area contributed by atoms with Crippen LogP contribution in [-0.2, 0) is 0 Å². The van der Waals surface area contributed by atoms with Crippen molar-refractivity contribution in [2.24, 2.45) is 0 Å². The molecule has 0 aromatic heterocycles. The molecular formula is C8H11FN2. The molecule has 0 saturated carbocycles. The molecule has 60 valence electrons. The van der Waals surface area contributed by atoms with Crippen LogP contribution in [0, 0.1) is 5.82 Å². The second-order valence-corrected chi connectivity index (χ2v) is 2.60. The maximum absolute atomic E-state index is 12.5. The molecule has 2 nitrogen and oxygen atoms in total. The summed E-state index contributed by atoms with van der Waals surface area (Å²) in [5.41, 5.74) is 6.85. The number of halogens is 1. The lowest BCUT2D eigenvalue weighted by Gasteiger charge is -2.14. The fourth-order valence-electron chi connectivity index (χ4n) is 0.933. The minimum atomic E-state index is -0.298. The Bertz CT molecular complexity index is 258. The SMILES string of the molecule is CN(C)c1ccc(F)cc1N. The van der Waals surface area contributed by atoms with Crippen LogP contribution in [0.1, 0.15) is 0 Å². The summed E-state index contributed by atoms with van der Waals surface area (Å²) in [6, 6.07) is 4.37. The van der Waals surface area contributed by atoms with E-state index < -0.39 is 0 Å². The zero-order valence-corrected chi connectivity index (χ0v) is 6.63. The highest BCUT2D eigenvalue weighted by atomic mass is 19.1. The van der Waals surface area contributed by atoms with Crippen molar-refractivity contribution in [2.75, 3.05) is 24.7 Å². The molecule has 0 aliphatic rings. The van der Waals surface area contributed by atoms with Crippen molar-refractivity contribution < 1.29 is 4.39 Å².